The van der Waals surface area contributed by atoms with Crippen molar-refractivity contribution in [2.24, 2.45) is 0 Å². The summed E-state index contributed by atoms with van der Waals surface area (Å²) in [5.74, 6) is -0.676. The molecule has 0 saturated carbocycles. The van der Waals surface area contributed by atoms with E-state index in [9.17, 15) is 14.3 Å². The first kappa shape index (κ1) is 17.4. The standard InChI is InChI=1S/C16H19ClFN3O2/c1-3-13(9-22)19-16(23)14-10(2)20-21(15(14)17)8-11-4-6-12(18)7-5-11/h4-7,13,22H,3,8-9H2,1-2H3,(H,19,23). The molecule has 1 unspecified atom stereocenters. The molecule has 0 aliphatic carbocycles. The zero-order chi connectivity index (χ0) is 17.0. The smallest absolute Gasteiger partial charge is 0.256 e. The third kappa shape index (κ3) is 4.09. The van der Waals surface area contributed by atoms with Crippen LogP contribution in [0.2, 0.25) is 5.15 Å². The Kier molecular flexibility index (Phi) is 5.74. The summed E-state index contributed by atoms with van der Waals surface area (Å²) >= 11 is 6.28. The third-order valence-corrected chi connectivity index (χ3v) is 3.97. The second kappa shape index (κ2) is 7.57. The molecule has 1 aromatic heterocycles. The molecule has 0 radical (unpaired) electrons. The fourth-order valence-corrected chi connectivity index (χ4v) is 2.53. The second-order valence-electron chi connectivity index (χ2n) is 5.30. The Morgan fingerprint density at radius 1 is 1.43 bits per heavy atom. The van der Waals surface area contributed by atoms with Gasteiger partial charge < -0.3 is 10.4 Å². The van der Waals surface area contributed by atoms with E-state index in [-0.39, 0.29) is 29.5 Å². The number of carbonyl (C=O) groups excluding carboxylic acids is 1. The van der Waals surface area contributed by atoms with Crippen molar-refractivity contribution in [1.29, 1.82) is 0 Å². The predicted octanol–water partition coefficient (Wildman–Crippen LogP) is 2.53. The van der Waals surface area contributed by atoms with Gasteiger partial charge >= 0.3 is 0 Å². The molecule has 0 fully saturated rings. The minimum atomic E-state index is -0.362. The molecule has 1 aromatic carbocycles. The third-order valence-electron chi connectivity index (χ3n) is 3.59. The maximum absolute atomic E-state index is 12.9. The van der Waals surface area contributed by atoms with E-state index in [1.807, 2.05) is 6.92 Å². The van der Waals surface area contributed by atoms with Crippen molar-refractivity contribution < 1.29 is 14.3 Å². The van der Waals surface area contributed by atoms with Crippen LogP contribution in [0, 0.1) is 12.7 Å². The molecule has 0 bridgehead atoms. The lowest BCUT2D eigenvalue weighted by Gasteiger charge is -2.13. The molecule has 1 heterocycles. The fourth-order valence-electron chi connectivity index (χ4n) is 2.21. The van der Waals surface area contributed by atoms with Crippen LogP contribution in [-0.4, -0.2) is 33.4 Å². The van der Waals surface area contributed by atoms with E-state index in [0.717, 1.165) is 5.56 Å². The van der Waals surface area contributed by atoms with Crippen molar-refractivity contribution in [3.63, 3.8) is 0 Å². The van der Waals surface area contributed by atoms with E-state index in [1.165, 1.54) is 16.8 Å². The number of nitrogens with one attached hydrogen (secondary N) is 1. The van der Waals surface area contributed by atoms with Gasteiger partial charge in [-0.1, -0.05) is 30.7 Å². The maximum atomic E-state index is 12.9. The average Bonchev–Trinajstić information content (AvgIpc) is 2.81. The fraction of sp³-hybridized carbons (Fsp3) is 0.375. The minimum absolute atomic E-state index is 0.136. The Balaban J connectivity index is 2.21. The summed E-state index contributed by atoms with van der Waals surface area (Å²) in [7, 11) is 0. The van der Waals surface area contributed by atoms with Gasteiger partial charge in [0.05, 0.1) is 30.5 Å². The molecule has 2 aromatic rings. The van der Waals surface area contributed by atoms with Crippen molar-refractivity contribution in [1.82, 2.24) is 15.1 Å². The molecule has 1 atom stereocenters. The van der Waals surface area contributed by atoms with Crippen LogP contribution in [0.15, 0.2) is 24.3 Å². The van der Waals surface area contributed by atoms with Crippen LogP contribution in [0.4, 0.5) is 4.39 Å². The van der Waals surface area contributed by atoms with Crippen molar-refractivity contribution in [3.8, 4) is 0 Å². The maximum Gasteiger partial charge on any atom is 0.256 e. The quantitative estimate of drug-likeness (QED) is 0.850. The number of carbonyl (C=O) groups is 1. The Morgan fingerprint density at radius 2 is 2.09 bits per heavy atom. The van der Waals surface area contributed by atoms with Crippen LogP contribution >= 0.6 is 11.6 Å². The molecule has 0 aliphatic rings. The molecular formula is C16H19ClFN3O2. The van der Waals surface area contributed by atoms with Crippen molar-refractivity contribution in [3.05, 3.63) is 52.1 Å². The topological polar surface area (TPSA) is 67.2 Å². The predicted molar refractivity (Wildman–Crippen MR) is 86.1 cm³/mol. The van der Waals surface area contributed by atoms with Gasteiger partial charge in [-0.15, -0.1) is 0 Å². The Bertz CT molecular complexity index is 681. The lowest BCUT2D eigenvalue weighted by molar-refractivity contribution is 0.0914. The van der Waals surface area contributed by atoms with E-state index >= 15 is 0 Å². The zero-order valence-electron chi connectivity index (χ0n) is 13.0. The first-order chi connectivity index (χ1) is 11.0. The van der Waals surface area contributed by atoms with Crippen LogP contribution in [0.1, 0.15) is 35.0 Å². The number of benzene rings is 1. The summed E-state index contributed by atoms with van der Waals surface area (Å²) in [6, 6.07) is 5.68. The first-order valence-electron chi connectivity index (χ1n) is 7.35. The molecule has 0 aliphatic heterocycles. The Labute approximate surface area is 139 Å². The summed E-state index contributed by atoms with van der Waals surface area (Å²) in [5.41, 5.74) is 1.62. The van der Waals surface area contributed by atoms with E-state index in [4.69, 9.17) is 11.6 Å². The number of nitrogens with zero attached hydrogens (tertiary/aromatic N) is 2. The minimum Gasteiger partial charge on any atom is -0.394 e. The van der Waals surface area contributed by atoms with Gasteiger partial charge in [-0.25, -0.2) is 9.07 Å². The summed E-state index contributed by atoms with van der Waals surface area (Å²) in [5, 5.41) is 16.4. The molecule has 1 amide bonds. The molecule has 0 saturated heterocycles. The molecule has 5 nitrogen and oxygen atoms in total. The highest BCUT2D eigenvalue weighted by atomic mass is 35.5. The molecule has 2 rings (SSSR count). The van der Waals surface area contributed by atoms with Gasteiger partial charge in [0.25, 0.3) is 5.91 Å². The van der Waals surface area contributed by atoms with Gasteiger partial charge in [-0.2, -0.15) is 5.10 Å². The largest absolute Gasteiger partial charge is 0.394 e. The van der Waals surface area contributed by atoms with E-state index in [2.05, 4.69) is 10.4 Å². The number of aliphatic hydroxyl groups is 1. The average molecular weight is 340 g/mol. The number of hydrogen-bond acceptors (Lipinski definition) is 3. The monoisotopic (exact) mass is 339 g/mol. The van der Waals surface area contributed by atoms with Gasteiger partial charge in [0.15, 0.2) is 0 Å². The Morgan fingerprint density at radius 3 is 2.65 bits per heavy atom. The van der Waals surface area contributed by atoms with Crippen LogP contribution in [0.5, 0.6) is 0 Å². The summed E-state index contributed by atoms with van der Waals surface area (Å²) < 4.78 is 14.4. The van der Waals surface area contributed by atoms with Gasteiger partial charge in [-0.3, -0.25) is 4.79 Å². The Hall–Kier alpha value is -1.92. The van der Waals surface area contributed by atoms with Gasteiger partial charge in [0.2, 0.25) is 0 Å². The normalized spacial score (nSPS) is 12.2. The van der Waals surface area contributed by atoms with E-state index < -0.39 is 0 Å². The lowest BCUT2D eigenvalue weighted by atomic mass is 10.2. The van der Waals surface area contributed by atoms with Crippen LogP contribution in [0.25, 0.3) is 0 Å². The highest BCUT2D eigenvalue weighted by Gasteiger charge is 2.22. The number of aliphatic hydroxyl groups excluding tert-OH is 1. The summed E-state index contributed by atoms with van der Waals surface area (Å²) in [6.45, 7) is 3.77. The number of amides is 1. The summed E-state index contributed by atoms with van der Waals surface area (Å²) in [6.07, 6.45) is 0.614. The lowest BCUT2D eigenvalue weighted by Crippen LogP contribution is -2.37. The number of rotatable bonds is 6. The van der Waals surface area contributed by atoms with Gasteiger partial charge in [-0.05, 0) is 31.0 Å². The van der Waals surface area contributed by atoms with Crippen molar-refractivity contribution >= 4 is 17.5 Å². The van der Waals surface area contributed by atoms with Crippen LogP contribution < -0.4 is 5.32 Å². The van der Waals surface area contributed by atoms with Crippen molar-refractivity contribution in [2.45, 2.75) is 32.9 Å². The molecular weight excluding hydrogens is 321 g/mol. The highest BCUT2D eigenvalue weighted by Crippen LogP contribution is 2.21. The van der Waals surface area contributed by atoms with E-state index in [1.54, 1.807) is 19.1 Å². The van der Waals surface area contributed by atoms with Gasteiger partial charge in [0.1, 0.15) is 11.0 Å². The second-order valence-corrected chi connectivity index (χ2v) is 5.65. The molecule has 7 heteroatoms. The SMILES string of the molecule is CCC(CO)NC(=O)c1c(C)nn(Cc2ccc(F)cc2)c1Cl. The van der Waals surface area contributed by atoms with Gasteiger partial charge in [0, 0.05) is 0 Å². The highest BCUT2D eigenvalue weighted by molar-refractivity contribution is 6.33. The first-order valence-corrected chi connectivity index (χ1v) is 7.73. The van der Waals surface area contributed by atoms with Crippen LogP contribution in [-0.2, 0) is 6.54 Å². The zero-order valence-corrected chi connectivity index (χ0v) is 13.8. The number of halogens is 2. The molecule has 23 heavy (non-hydrogen) atoms. The molecule has 124 valence electrons. The number of hydrogen-bond donors (Lipinski definition) is 2. The van der Waals surface area contributed by atoms with Crippen LogP contribution in [0.3, 0.4) is 0 Å². The number of aryl methyl sites for hydroxylation is 1. The van der Waals surface area contributed by atoms with E-state index in [0.29, 0.717) is 24.2 Å². The molecule has 0 spiro atoms. The molecule has 2 N–H and O–H groups in total. The summed E-state index contributed by atoms with van der Waals surface area (Å²) in [4.78, 5) is 12.3. The number of aromatic nitrogens is 2. The van der Waals surface area contributed by atoms with Crippen molar-refractivity contribution in [2.75, 3.05) is 6.61 Å².